The Morgan fingerprint density at radius 2 is 1.83 bits per heavy atom. The number of hydrogen-bond donors (Lipinski definition) is 3. The molecule has 1 aromatic heterocycles. The Morgan fingerprint density at radius 3 is 2.33 bits per heavy atom. The molecule has 24 heavy (non-hydrogen) atoms. The van der Waals surface area contributed by atoms with E-state index >= 15 is 0 Å². The quantitative estimate of drug-likeness (QED) is 0.786. The van der Waals surface area contributed by atoms with Gasteiger partial charge in [-0.25, -0.2) is 4.98 Å². The Morgan fingerprint density at radius 1 is 1.17 bits per heavy atom. The third-order valence-electron chi connectivity index (χ3n) is 3.61. The van der Waals surface area contributed by atoms with Crippen LogP contribution in [0.15, 0.2) is 42.6 Å². The lowest BCUT2D eigenvalue weighted by Crippen LogP contribution is -2.16. The summed E-state index contributed by atoms with van der Waals surface area (Å²) in [5.41, 5.74) is 2.49. The zero-order valence-electron chi connectivity index (χ0n) is 14.6. The van der Waals surface area contributed by atoms with Crippen molar-refractivity contribution in [3.05, 3.63) is 53.7 Å². The summed E-state index contributed by atoms with van der Waals surface area (Å²) in [5, 5.41) is 15.1. The lowest BCUT2D eigenvalue weighted by molar-refractivity contribution is 0.102. The second kappa shape index (κ2) is 7.45. The van der Waals surface area contributed by atoms with E-state index < -0.39 is 6.10 Å². The molecular formula is C19H25N3O2. The molecule has 0 aliphatic carbocycles. The molecular weight excluding hydrogens is 302 g/mol. The number of pyridine rings is 1. The summed E-state index contributed by atoms with van der Waals surface area (Å²) in [6.07, 6.45) is 1.15. The molecule has 128 valence electrons. The summed E-state index contributed by atoms with van der Waals surface area (Å²) < 4.78 is 0. The van der Waals surface area contributed by atoms with Gasteiger partial charge in [-0.05, 0) is 42.2 Å². The maximum atomic E-state index is 12.3. The van der Waals surface area contributed by atoms with Crippen LogP contribution in [0.4, 0.5) is 11.5 Å². The minimum Gasteiger partial charge on any atom is -0.392 e. The number of nitrogens with zero attached hydrogens (tertiary/aromatic N) is 1. The highest BCUT2D eigenvalue weighted by Crippen LogP contribution is 2.22. The predicted molar refractivity (Wildman–Crippen MR) is 97.5 cm³/mol. The van der Waals surface area contributed by atoms with E-state index in [0.29, 0.717) is 23.6 Å². The highest BCUT2D eigenvalue weighted by Gasteiger charge is 2.14. The van der Waals surface area contributed by atoms with Crippen LogP contribution in [-0.4, -0.2) is 28.6 Å². The van der Waals surface area contributed by atoms with Crippen LogP contribution in [0.2, 0.25) is 0 Å². The molecule has 0 bridgehead atoms. The predicted octanol–water partition coefficient (Wildman–Crippen LogP) is 3.42. The van der Waals surface area contributed by atoms with Crippen LogP contribution in [0, 0.1) is 0 Å². The minimum absolute atomic E-state index is 0.0633. The van der Waals surface area contributed by atoms with Crippen LogP contribution in [0.3, 0.4) is 0 Å². The van der Waals surface area contributed by atoms with Crippen molar-refractivity contribution in [1.82, 2.24) is 4.98 Å². The number of aliphatic hydroxyl groups is 1. The molecule has 1 aromatic carbocycles. The second-order valence-corrected chi connectivity index (χ2v) is 6.94. The van der Waals surface area contributed by atoms with Gasteiger partial charge in [0, 0.05) is 12.1 Å². The van der Waals surface area contributed by atoms with Crippen LogP contribution >= 0.6 is 0 Å². The van der Waals surface area contributed by atoms with Gasteiger partial charge >= 0.3 is 0 Å². The van der Waals surface area contributed by atoms with Crippen molar-refractivity contribution < 1.29 is 9.90 Å². The fraction of sp³-hybridized carbons (Fsp3) is 0.368. The lowest BCUT2D eigenvalue weighted by atomic mass is 9.87. The smallest absolute Gasteiger partial charge is 0.255 e. The monoisotopic (exact) mass is 327 g/mol. The first-order valence-electron chi connectivity index (χ1n) is 8.05. The van der Waals surface area contributed by atoms with Gasteiger partial charge in [0.25, 0.3) is 5.91 Å². The molecule has 5 heteroatoms. The molecule has 0 aliphatic rings. The maximum Gasteiger partial charge on any atom is 0.255 e. The Hall–Kier alpha value is -2.40. The third kappa shape index (κ3) is 5.06. The van der Waals surface area contributed by atoms with Crippen molar-refractivity contribution in [3.8, 4) is 0 Å². The SMILES string of the molecule is CC(O)CNc1ccc(NC(=O)c2ccc(C(C)(C)C)cc2)cn1. The molecule has 3 N–H and O–H groups in total. The molecule has 0 saturated carbocycles. The summed E-state index contributed by atoms with van der Waals surface area (Å²) in [4.78, 5) is 16.5. The number of carbonyl (C=O) groups excluding carboxylic acids is 1. The molecule has 0 aliphatic heterocycles. The highest BCUT2D eigenvalue weighted by atomic mass is 16.3. The molecule has 0 spiro atoms. The normalized spacial score (nSPS) is 12.5. The number of aliphatic hydroxyl groups excluding tert-OH is 1. The van der Waals surface area contributed by atoms with Gasteiger partial charge in [-0.2, -0.15) is 0 Å². The number of anilines is 2. The minimum atomic E-state index is -0.442. The van der Waals surface area contributed by atoms with E-state index in [9.17, 15) is 9.90 Å². The van der Waals surface area contributed by atoms with E-state index in [-0.39, 0.29) is 11.3 Å². The lowest BCUT2D eigenvalue weighted by Gasteiger charge is -2.19. The van der Waals surface area contributed by atoms with E-state index in [0.717, 1.165) is 0 Å². The number of hydrogen-bond acceptors (Lipinski definition) is 4. The molecule has 1 atom stereocenters. The topological polar surface area (TPSA) is 74.2 Å². The van der Waals surface area contributed by atoms with Gasteiger partial charge in [0.1, 0.15) is 5.82 Å². The Balaban J connectivity index is 1.99. The van der Waals surface area contributed by atoms with Crippen molar-refractivity contribution in [2.75, 3.05) is 17.2 Å². The van der Waals surface area contributed by atoms with Crippen molar-refractivity contribution in [1.29, 1.82) is 0 Å². The Labute approximate surface area is 143 Å². The molecule has 1 amide bonds. The fourth-order valence-electron chi connectivity index (χ4n) is 2.15. The van der Waals surface area contributed by atoms with Gasteiger partial charge in [0.15, 0.2) is 0 Å². The highest BCUT2D eigenvalue weighted by molar-refractivity contribution is 6.04. The fourth-order valence-corrected chi connectivity index (χ4v) is 2.15. The molecule has 2 rings (SSSR count). The first kappa shape index (κ1) is 17.9. The van der Waals surface area contributed by atoms with Gasteiger partial charge in [-0.15, -0.1) is 0 Å². The summed E-state index contributed by atoms with van der Waals surface area (Å²) >= 11 is 0. The molecule has 2 aromatic rings. The number of rotatable bonds is 5. The van der Waals surface area contributed by atoms with Crippen molar-refractivity contribution in [3.63, 3.8) is 0 Å². The van der Waals surface area contributed by atoms with E-state index in [1.54, 1.807) is 25.3 Å². The van der Waals surface area contributed by atoms with Gasteiger partial charge in [-0.3, -0.25) is 4.79 Å². The maximum absolute atomic E-state index is 12.3. The largest absolute Gasteiger partial charge is 0.392 e. The Bertz CT molecular complexity index is 671. The third-order valence-corrected chi connectivity index (χ3v) is 3.61. The second-order valence-electron chi connectivity index (χ2n) is 6.94. The average molecular weight is 327 g/mol. The van der Waals surface area contributed by atoms with E-state index in [2.05, 4.69) is 36.4 Å². The van der Waals surface area contributed by atoms with Crippen molar-refractivity contribution in [2.24, 2.45) is 0 Å². The summed E-state index contributed by atoms with van der Waals surface area (Å²) in [6, 6.07) is 11.2. The number of aromatic nitrogens is 1. The summed E-state index contributed by atoms with van der Waals surface area (Å²) in [7, 11) is 0. The van der Waals surface area contributed by atoms with E-state index in [1.807, 2.05) is 24.3 Å². The number of amides is 1. The average Bonchev–Trinajstić information content (AvgIpc) is 2.53. The molecule has 1 heterocycles. The van der Waals surface area contributed by atoms with Gasteiger partial charge < -0.3 is 15.7 Å². The van der Waals surface area contributed by atoms with E-state index in [1.165, 1.54) is 5.56 Å². The molecule has 1 unspecified atom stereocenters. The first-order valence-corrected chi connectivity index (χ1v) is 8.05. The summed E-state index contributed by atoms with van der Waals surface area (Å²) in [5.74, 6) is 0.491. The van der Waals surface area contributed by atoms with Crippen molar-refractivity contribution >= 4 is 17.4 Å². The van der Waals surface area contributed by atoms with Gasteiger partial charge in [0.2, 0.25) is 0 Å². The molecule has 0 saturated heterocycles. The van der Waals surface area contributed by atoms with Crippen LogP contribution in [0.5, 0.6) is 0 Å². The zero-order valence-corrected chi connectivity index (χ0v) is 14.6. The molecule has 5 nitrogen and oxygen atoms in total. The van der Waals surface area contributed by atoms with Gasteiger partial charge in [-0.1, -0.05) is 32.9 Å². The number of carbonyl (C=O) groups is 1. The molecule has 0 fully saturated rings. The van der Waals surface area contributed by atoms with Crippen molar-refractivity contribution in [2.45, 2.75) is 39.2 Å². The Kier molecular flexibility index (Phi) is 5.57. The van der Waals surface area contributed by atoms with Crippen LogP contribution < -0.4 is 10.6 Å². The van der Waals surface area contributed by atoms with Crippen LogP contribution in [0.1, 0.15) is 43.6 Å². The zero-order chi connectivity index (χ0) is 17.7. The van der Waals surface area contributed by atoms with Gasteiger partial charge in [0.05, 0.1) is 18.0 Å². The first-order chi connectivity index (χ1) is 11.3. The van der Waals surface area contributed by atoms with E-state index in [4.69, 9.17) is 0 Å². The number of nitrogens with one attached hydrogen (secondary N) is 2. The van der Waals surface area contributed by atoms with Crippen LogP contribution in [-0.2, 0) is 5.41 Å². The summed E-state index contributed by atoms with van der Waals surface area (Å²) in [6.45, 7) is 8.55. The number of benzene rings is 1. The molecule has 0 radical (unpaired) electrons. The van der Waals surface area contributed by atoms with Crippen LogP contribution in [0.25, 0.3) is 0 Å². The standard InChI is InChI=1S/C19H25N3O2/c1-13(23)11-20-17-10-9-16(12-21-17)22-18(24)14-5-7-15(8-6-14)19(2,3)4/h5-10,12-13,23H,11H2,1-4H3,(H,20,21)(H,22,24).